The quantitative estimate of drug-likeness (QED) is 0.824. The van der Waals surface area contributed by atoms with Gasteiger partial charge in [-0.15, -0.1) is 0 Å². The Morgan fingerprint density at radius 1 is 1.30 bits per heavy atom. The van der Waals surface area contributed by atoms with Gasteiger partial charge in [-0.3, -0.25) is 0 Å². The predicted molar refractivity (Wildman–Crippen MR) is 91.9 cm³/mol. The van der Waals surface area contributed by atoms with Gasteiger partial charge in [-0.1, -0.05) is 64.4 Å². The molecule has 1 fully saturated rings. The van der Waals surface area contributed by atoms with E-state index in [-0.39, 0.29) is 6.10 Å². The van der Waals surface area contributed by atoms with E-state index in [9.17, 15) is 9.90 Å². The monoisotopic (exact) mass is 318 g/mol. The second-order valence-electron chi connectivity index (χ2n) is 7.35. The van der Waals surface area contributed by atoms with Crippen LogP contribution in [0.4, 0.5) is 0 Å². The number of benzene rings is 1. The third-order valence-electron chi connectivity index (χ3n) is 5.32. The topological polar surface area (TPSA) is 46.5 Å². The standard InChI is InChI=1S/C20H30O3/c1-5-20(22,16-9-7-6-8-10-16)19(21)23-18-13-15(4)11-12-17(18)14(2)3/h6-10,14-15,17-18,22H,5,11-13H2,1-4H3/t15?,17?,18?,20-/m1/s1. The molecule has 128 valence electrons. The van der Waals surface area contributed by atoms with Gasteiger partial charge in [0.05, 0.1) is 0 Å². The van der Waals surface area contributed by atoms with Crippen molar-refractivity contribution in [3.63, 3.8) is 0 Å². The number of carbonyl (C=O) groups is 1. The largest absolute Gasteiger partial charge is 0.460 e. The van der Waals surface area contributed by atoms with Gasteiger partial charge in [0.1, 0.15) is 6.10 Å². The molecular formula is C20H30O3. The lowest BCUT2D eigenvalue weighted by Crippen LogP contribution is -2.43. The zero-order valence-corrected chi connectivity index (χ0v) is 14.8. The summed E-state index contributed by atoms with van der Waals surface area (Å²) in [5, 5.41) is 10.9. The van der Waals surface area contributed by atoms with E-state index in [1.807, 2.05) is 25.1 Å². The maximum absolute atomic E-state index is 12.8. The van der Waals surface area contributed by atoms with Crippen LogP contribution in [-0.2, 0) is 15.1 Å². The number of hydrogen-bond donors (Lipinski definition) is 1. The van der Waals surface area contributed by atoms with Gasteiger partial charge in [0, 0.05) is 0 Å². The van der Waals surface area contributed by atoms with Crippen molar-refractivity contribution in [2.75, 3.05) is 0 Å². The van der Waals surface area contributed by atoms with Crippen molar-refractivity contribution in [1.82, 2.24) is 0 Å². The van der Waals surface area contributed by atoms with E-state index >= 15 is 0 Å². The van der Waals surface area contributed by atoms with Crippen LogP contribution in [0, 0.1) is 17.8 Å². The van der Waals surface area contributed by atoms with Gasteiger partial charge in [0.25, 0.3) is 0 Å². The molecule has 4 atom stereocenters. The highest BCUT2D eigenvalue weighted by atomic mass is 16.6. The number of hydrogen-bond acceptors (Lipinski definition) is 3. The molecule has 1 aliphatic rings. The van der Waals surface area contributed by atoms with Gasteiger partial charge in [0.2, 0.25) is 0 Å². The lowest BCUT2D eigenvalue weighted by molar-refractivity contribution is -0.179. The molecule has 3 heteroatoms. The number of ether oxygens (including phenoxy) is 1. The molecule has 3 unspecified atom stereocenters. The molecule has 1 aromatic rings. The molecule has 1 aromatic carbocycles. The number of carbonyl (C=O) groups excluding carboxylic acids is 1. The molecule has 1 aliphatic carbocycles. The van der Waals surface area contributed by atoms with Crippen LogP contribution in [-0.4, -0.2) is 17.2 Å². The molecular weight excluding hydrogens is 288 g/mol. The van der Waals surface area contributed by atoms with Crippen molar-refractivity contribution >= 4 is 5.97 Å². The van der Waals surface area contributed by atoms with Crippen molar-refractivity contribution < 1.29 is 14.6 Å². The van der Waals surface area contributed by atoms with Gasteiger partial charge < -0.3 is 9.84 Å². The molecule has 1 N–H and O–H groups in total. The summed E-state index contributed by atoms with van der Waals surface area (Å²) in [4.78, 5) is 12.8. The average molecular weight is 318 g/mol. The average Bonchev–Trinajstić information content (AvgIpc) is 2.54. The maximum atomic E-state index is 12.8. The first kappa shape index (κ1) is 18.0. The smallest absolute Gasteiger partial charge is 0.343 e. The van der Waals surface area contributed by atoms with Crippen LogP contribution < -0.4 is 0 Å². The van der Waals surface area contributed by atoms with Crippen LogP contribution in [0.3, 0.4) is 0 Å². The summed E-state index contributed by atoms with van der Waals surface area (Å²) in [6, 6.07) is 9.12. The van der Waals surface area contributed by atoms with E-state index in [2.05, 4.69) is 20.8 Å². The lowest BCUT2D eigenvalue weighted by atomic mass is 9.75. The zero-order chi connectivity index (χ0) is 17.0. The molecule has 0 saturated heterocycles. The van der Waals surface area contributed by atoms with Crippen LogP contribution in [0.25, 0.3) is 0 Å². The lowest BCUT2D eigenvalue weighted by Gasteiger charge is -2.38. The first-order chi connectivity index (χ1) is 10.9. The third-order valence-corrected chi connectivity index (χ3v) is 5.32. The van der Waals surface area contributed by atoms with E-state index in [1.165, 1.54) is 6.42 Å². The van der Waals surface area contributed by atoms with E-state index in [0.29, 0.717) is 29.7 Å². The Labute approximate surface area is 140 Å². The fourth-order valence-corrected chi connectivity index (χ4v) is 3.67. The highest BCUT2D eigenvalue weighted by molar-refractivity contribution is 5.81. The zero-order valence-electron chi connectivity index (χ0n) is 14.8. The van der Waals surface area contributed by atoms with Gasteiger partial charge in [-0.25, -0.2) is 4.79 Å². The van der Waals surface area contributed by atoms with E-state index < -0.39 is 11.6 Å². The molecule has 0 amide bonds. The summed E-state index contributed by atoms with van der Waals surface area (Å²) in [6.07, 6.45) is 3.39. The fourth-order valence-electron chi connectivity index (χ4n) is 3.67. The van der Waals surface area contributed by atoms with Crippen molar-refractivity contribution in [3.05, 3.63) is 35.9 Å². The minimum Gasteiger partial charge on any atom is -0.460 e. The second-order valence-corrected chi connectivity index (χ2v) is 7.35. The van der Waals surface area contributed by atoms with Crippen LogP contribution in [0.15, 0.2) is 30.3 Å². The molecule has 0 spiro atoms. The van der Waals surface area contributed by atoms with Gasteiger partial charge in [-0.2, -0.15) is 0 Å². The predicted octanol–water partition coefficient (Wildman–Crippen LogP) is 4.29. The molecule has 0 aromatic heterocycles. The summed E-state index contributed by atoms with van der Waals surface area (Å²) in [5.41, 5.74) is -0.943. The van der Waals surface area contributed by atoms with Crippen LogP contribution in [0.2, 0.25) is 0 Å². The van der Waals surface area contributed by atoms with Crippen molar-refractivity contribution in [2.24, 2.45) is 17.8 Å². The molecule has 0 radical (unpaired) electrons. The van der Waals surface area contributed by atoms with Gasteiger partial charge >= 0.3 is 5.97 Å². The Balaban J connectivity index is 2.17. The molecule has 23 heavy (non-hydrogen) atoms. The third kappa shape index (κ3) is 3.95. The normalized spacial score (nSPS) is 27.5. The van der Waals surface area contributed by atoms with Crippen LogP contribution in [0.5, 0.6) is 0 Å². The molecule has 3 nitrogen and oxygen atoms in total. The van der Waals surface area contributed by atoms with E-state index in [1.54, 1.807) is 12.1 Å². The van der Waals surface area contributed by atoms with E-state index in [4.69, 9.17) is 4.74 Å². The van der Waals surface area contributed by atoms with Crippen molar-refractivity contribution in [2.45, 2.75) is 65.1 Å². The fraction of sp³-hybridized carbons (Fsp3) is 0.650. The summed E-state index contributed by atoms with van der Waals surface area (Å²) in [6.45, 7) is 8.40. The minimum absolute atomic E-state index is 0.0898. The Kier molecular flexibility index (Phi) is 5.85. The summed E-state index contributed by atoms with van der Waals surface area (Å²) in [7, 11) is 0. The summed E-state index contributed by atoms with van der Waals surface area (Å²) in [5.74, 6) is 0.920. The highest BCUT2D eigenvalue weighted by Gasteiger charge is 2.41. The van der Waals surface area contributed by atoms with E-state index in [0.717, 1.165) is 12.8 Å². The van der Waals surface area contributed by atoms with Crippen LogP contribution >= 0.6 is 0 Å². The molecule has 0 heterocycles. The Morgan fingerprint density at radius 3 is 2.52 bits per heavy atom. The van der Waals surface area contributed by atoms with Crippen molar-refractivity contribution in [1.29, 1.82) is 0 Å². The van der Waals surface area contributed by atoms with Gasteiger partial charge in [0.15, 0.2) is 5.60 Å². The molecule has 1 saturated carbocycles. The number of esters is 1. The Morgan fingerprint density at radius 2 is 1.96 bits per heavy atom. The molecule has 2 rings (SSSR count). The molecule has 0 bridgehead atoms. The van der Waals surface area contributed by atoms with Crippen molar-refractivity contribution in [3.8, 4) is 0 Å². The Hall–Kier alpha value is -1.35. The Bertz CT molecular complexity index is 511. The minimum atomic E-state index is -1.55. The van der Waals surface area contributed by atoms with Crippen LogP contribution in [0.1, 0.15) is 58.9 Å². The second kappa shape index (κ2) is 7.48. The summed E-state index contributed by atoms with van der Waals surface area (Å²) < 4.78 is 5.86. The SMILES string of the molecule is CC[C@](O)(C(=O)OC1CC(C)CCC1C(C)C)c1ccccc1. The first-order valence-corrected chi connectivity index (χ1v) is 8.87. The molecule has 0 aliphatic heterocycles. The maximum Gasteiger partial charge on any atom is 0.343 e. The van der Waals surface area contributed by atoms with Gasteiger partial charge in [-0.05, 0) is 42.6 Å². The number of rotatable bonds is 5. The highest BCUT2D eigenvalue weighted by Crippen LogP contribution is 2.37. The summed E-state index contributed by atoms with van der Waals surface area (Å²) >= 11 is 0. The first-order valence-electron chi connectivity index (χ1n) is 8.87. The number of aliphatic hydroxyl groups is 1.